The van der Waals surface area contributed by atoms with Crippen molar-refractivity contribution in [3.63, 3.8) is 0 Å². The van der Waals surface area contributed by atoms with Crippen molar-refractivity contribution >= 4 is 0 Å². The Bertz CT molecular complexity index is 411. The Kier molecular flexibility index (Phi) is 2.11. The van der Waals surface area contributed by atoms with E-state index in [1.54, 1.807) is 6.20 Å². The van der Waals surface area contributed by atoms with E-state index in [1.807, 2.05) is 17.8 Å². The summed E-state index contributed by atoms with van der Waals surface area (Å²) in [7, 11) is 1.95. The van der Waals surface area contributed by atoms with Crippen molar-refractivity contribution < 1.29 is 0 Å². The summed E-state index contributed by atoms with van der Waals surface area (Å²) in [6, 6.07) is 4.04. The van der Waals surface area contributed by atoms with Gasteiger partial charge in [-0.15, -0.1) is 0 Å². The number of aryl methyl sites for hydroxylation is 1. The third-order valence-electron chi connectivity index (χ3n) is 2.27. The second-order valence-electron chi connectivity index (χ2n) is 3.70. The van der Waals surface area contributed by atoms with Crippen LogP contribution in [0, 0.1) is 0 Å². The molecule has 2 rings (SSSR count). The van der Waals surface area contributed by atoms with E-state index >= 15 is 0 Å². The summed E-state index contributed by atoms with van der Waals surface area (Å²) in [6.07, 6.45) is 1.75. The molecule has 2 aromatic rings. The van der Waals surface area contributed by atoms with Crippen LogP contribution in [0.15, 0.2) is 18.3 Å². The average Bonchev–Trinajstić information content (AvgIpc) is 2.71. The zero-order valence-electron chi connectivity index (χ0n) is 8.65. The highest BCUT2D eigenvalue weighted by Crippen LogP contribution is 2.20. The second-order valence-corrected chi connectivity index (χ2v) is 3.70. The summed E-state index contributed by atoms with van der Waals surface area (Å²) in [5, 5.41) is 11.3. The number of rotatable bonds is 2. The fraction of sp³-hybridized carbons (Fsp3) is 0.400. The lowest BCUT2D eigenvalue weighted by Gasteiger charge is -1.96. The molecule has 4 heteroatoms. The molecule has 0 fully saturated rings. The molecule has 0 aliphatic heterocycles. The molecule has 0 atom stereocenters. The maximum atomic E-state index is 4.44. The van der Waals surface area contributed by atoms with Crippen molar-refractivity contribution in [2.75, 3.05) is 0 Å². The van der Waals surface area contributed by atoms with Gasteiger partial charge in [-0.3, -0.25) is 9.78 Å². The van der Waals surface area contributed by atoms with Gasteiger partial charge in [0.25, 0.3) is 0 Å². The van der Waals surface area contributed by atoms with E-state index in [1.165, 1.54) is 0 Å². The van der Waals surface area contributed by atoms with Crippen LogP contribution in [0.25, 0.3) is 11.4 Å². The number of nitrogens with zero attached hydrogens (tertiary/aromatic N) is 3. The largest absolute Gasteiger partial charge is 0.276 e. The maximum absolute atomic E-state index is 4.44. The Morgan fingerprint density at radius 2 is 2.21 bits per heavy atom. The van der Waals surface area contributed by atoms with Crippen LogP contribution in [0.2, 0.25) is 0 Å². The molecule has 0 unspecified atom stereocenters. The third-order valence-corrected chi connectivity index (χ3v) is 2.27. The van der Waals surface area contributed by atoms with Crippen LogP contribution < -0.4 is 0 Å². The predicted molar refractivity (Wildman–Crippen MR) is 54.9 cm³/mol. The first-order valence-corrected chi connectivity index (χ1v) is 4.72. The number of H-pyrrole nitrogens is 1. The van der Waals surface area contributed by atoms with E-state index in [-0.39, 0.29) is 0 Å². The molecule has 0 spiro atoms. The van der Waals surface area contributed by atoms with Gasteiger partial charge in [0.2, 0.25) is 0 Å². The third kappa shape index (κ3) is 1.43. The number of aromatic amines is 1. The van der Waals surface area contributed by atoms with Gasteiger partial charge >= 0.3 is 0 Å². The van der Waals surface area contributed by atoms with Crippen LogP contribution in [0.1, 0.15) is 25.5 Å². The molecule has 2 heterocycles. The fourth-order valence-corrected chi connectivity index (χ4v) is 1.42. The van der Waals surface area contributed by atoms with Gasteiger partial charge in [-0.2, -0.15) is 10.2 Å². The van der Waals surface area contributed by atoms with E-state index < -0.39 is 0 Å². The van der Waals surface area contributed by atoms with Crippen molar-refractivity contribution in [2.24, 2.45) is 7.05 Å². The average molecular weight is 190 g/mol. The van der Waals surface area contributed by atoms with Gasteiger partial charge in [-0.1, -0.05) is 13.8 Å². The van der Waals surface area contributed by atoms with Gasteiger partial charge in [0.05, 0.1) is 17.1 Å². The lowest BCUT2D eigenvalue weighted by atomic mass is 10.1. The Hall–Kier alpha value is -1.58. The standard InChI is InChI=1S/C10H14N4/c1-7(2)9-6-10(14(3)13-9)8-4-5-11-12-8/h4-7H,1-3H3,(H,11,12). The summed E-state index contributed by atoms with van der Waals surface area (Å²) in [4.78, 5) is 0. The number of nitrogens with one attached hydrogen (secondary N) is 1. The maximum Gasteiger partial charge on any atom is 0.0860 e. The number of hydrogen-bond donors (Lipinski definition) is 1. The number of hydrogen-bond acceptors (Lipinski definition) is 2. The summed E-state index contributed by atoms with van der Waals surface area (Å²) in [5.41, 5.74) is 3.19. The highest BCUT2D eigenvalue weighted by atomic mass is 15.3. The Morgan fingerprint density at radius 3 is 2.71 bits per heavy atom. The molecular formula is C10H14N4. The first kappa shape index (κ1) is 8.99. The molecule has 74 valence electrons. The predicted octanol–water partition coefficient (Wildman–Crippen LogP) is 1.93. The van der Waals surface area contributed by atoms with E-state index in [2.05, 4.69) is 35.2 Å². The summed E-state index contributed by atoms with van der Waals surface area (Å²) in [5.74, 6) is 0.456. The first-order valence-electron chi connectivity index (χ1n) is 4.72. The monoisotopic (exact) mass is 190 g/mol. The highest BCUT2D eigenvalue weighted by Gasteiger charge is 2.10. The van der Waals surface area contributed by atoms with E-state index in [9.17, 15) is 0 Å². The van der Waals surface area contributed by atoms with Crippen molar-refractivity contribution in [3.8, 4) is 11.4 Å². The van der Waals surface area contributed by atoms with E-state index in [4.69, 9.17) is 0 Å². The van der Waals surface area contributed by atoms with Gasteiger partial charge in [-0.25, -0.2) is 0 Å². The highest BCUT2D eigenvalue weighted by molar-refractivity contribution is 5.54. The molecule has 0 saturated carbocycles. The molecule has 0 saturated heterocycles. The van der Waals surface area contributed by atoms with Crippen LogP contribution in [0.5, 0.6) is 0 Å². The van der Waals surface area contributed by atoms with Gasteiger partial charge in [0, 0.05) is 13.2 Å². The van der Waals surface area contributed by atoms with Crippen LogP contribution in [0.4, 0.5) is 0 Å². The molecule has 4 nitrogen and oxygen atoms in total. The van der Waals surface area contributed by atoms with E-state index in [0.29, 0.717) is 5.92 Å². The van der Waals surface area contributed by atoms with Crippen molar-refractivity contribution in [1.82, 2.24) is 20.0 Å². The molecule has 0 radical (unpaired) electrons. The quantitative estimate of drug-likeness (QED) is 0.786. The minimum absolute atomic E-state index is 0.456. The smallest absolute Gasteiger partial charge is 0.0860 e. The van der Waals surface area contributed by atoms with Gasteiger partial charge in [0.1, 0.15) is 0 Å². The molecule has 14 heavy (non-hydrogen) atoms. The van der Waals surface area contributed by atoms with Crippen LogP contribution in [0.3, 0.4) is 0 Å². The summed E-state index contributed by atoms with van der Waals surface area (Å²) in [6.45, 7) is 4.28. The van der Waals surface area contributed by atoms with Crippen molar-refractivity contribution in [2.45, 2.75) is 19.8 Å². The van der Waals surface area contributed by atoms with Crippen LogP contribution >= 0.6 is 0 Å². The molecule has 1 N–H and O–H groups in total. The Morgan fingerprint density at radius 1 is 1.43 bits per heavy atom. The Labute approximate surface area is 83.0 Å². The van der Waals surface area contributed by atoms with E-state index in [0.717, 1.165) is 17.1 Å². The molecule has 0 aliphatic rings. The van der Waals surface area contributed by atoms with Crippen molar-refractivity contribution in [3.05, 3.63) is 24.0 Å². The molecule has 0 aliphatic carbocycles. The summed E-state index contributed by atoms with van der Waals surface area (Å²) >= 11 is 0. The topological polar surface area (TPSA) is 46.5 Å². The normalized spacial score (nSPS) is 11.1. The number of aromatic nitrogens is 4. The molecule has 2 aromatic heterocycles. The molecular weight excluding hydrogens is 176 g/mol. The van der Waals surface area contributed by atoms with Gasteiger partial charge in [0.15, 0.2) is 0 Å². The Balaban J connectivity index is 2.45. The van der Waals surface area contributed by atoms with Crippen LogP contribution in [-0.2, 0) is 7.05 Å². The summed E-state index contributed by atoms with van der Waals surface area (Å²) < 4.78 is 1.88. The minimum atomic E-state index is 0.456. The molecule has 0 aromatic carbocycles. The fourth-order valence-electron chi connectivity index (χ4n) is 1.42. The van der Waals surface area contributed by atoms with Crippen molar-refractivity contribution in [1.29, 1.82) is 0 Å². The van der Waals surface area contributed by atoms with Gasteiger partial charge in [-0.05, 0) is 18.1 Å². The minimum Gasteiger partial charge on any atom is -0.276 e. The second kappa shape index (κ2) is 3.29. The van der Waals surface area contributed by atoms with Crippen LogP contribution in [-0.4, -0.2) is 20.0 Å². The zero-order chi connectivity index (χ0) is 10.1. The lowest BCUT2D eigenvalue weighted by Crippen LogP contribution is -1.95. The first-order chi connectivity index (χ1) is 6.68. The molecule has 0 bridgehead atoms. The zero-order valence-corrected chi connectivity index (χ0v) is 8.65. The SMILES string of the molecule is CC(C)c1cc(-c2ccn[nH]2)n(C)n1. The van der Waals surface area contributed by atoms with Gasteiger partial charge < -0.3 is 0 Å². The lowest BCUT2D eigenvalue weighted by molar-refractivity contribution is 0.716. The molecule has 0 amide bonds.